The molecule has 2 unspecified atom stereocenters. The average Bonchev–Trinajstić information content (AvgIpc) is 2.46. The number of hydrogen-bond acceptors (Lipinski definition) is 4. The monoisotopic (exact) mass is 260 g/mol. The Morgan fingerprint density at radius 2 is 2.05 bits per heavy atom. The fourth-order valence-electron chi connectivity index (χ4n) is 3.62. The van der Waals surface area contributed by atoms with Crippen LogP contribution in [0.15, 0.2) is 6.20 Å². The number of anilines is 1. The SMILES string of the molecule is Cc1nc(N2CCC3CCCCC3C2)ncc1CN. The van der Waals surface area contributed by atoms with Gasteiger partial charge in [-0.3, -0.25) is 0 Å². The van der Waals surface area contributed by atoms with Gasteiger partial charge in [0.25, 0.3) is 0 Å². The number of piperidine rings is 1. The van der Waals surface area contributed by atoms with Gasteiger partial charge in [-0.15, -0.1) is 0 Å². The number of nitrogens with two attached hydrogens (primary N) is 1. The van der Waals surface area contributed by atoms with Gasteiger partial charge in [0.05, 0.1) is 0 Å². The first-order chi connectivity index (χ1) is 9.28. The molecule has 104 valence electrons. The first kappa shape index (κ1) is 12.9. The molecule has 0 bridgehead atoms. The summed E-state index contributed by atoms with van der Waals surface area (Å²) in [5, 5.41) is 0. The maximum Gasteiger partial charge on any atom is 0.225 e. The predicted molar refractivity (Wildman–Crippen MR) is 76.9 cm³/mol. The van der Waals surface area contributed by atoms with Crippen LogP contribution in [0.3, 0.4) is 0 Å². The van der Waals surface area contributed by atoms with Crippen molar-refractivity contribution >= 4 is 5.95 Å². The highest BCUT2D eigenvalue weighted by atomic mass is 15.3. The van der Waals surface area contributed by atoms with E-state index in [0.717, 1.165) is 42.1 Å². The van der Waals surface area contributed by atoms with E-state index in [0.29, 0.717) is 6.54 Å². The molecule has 1 saturated carbocycles. The van der Waals surface area contributed by atoms with Crippen molar-refractivity contribution in [1.29, 1.82) is 0 Å². The summed E-state index contributed by atoms with van der Waals surface area (Å²) in [7, 11) is 0. The van der Waals surface area contributed by atoms with Gasteiger partial charge >= 0.3 is 0 Å². The van der Waals surface area contributed by atoms with Crippen molar-refractivity contribution in [3.8, 4) is 0 Å². The molecule has 1 aromatic heterocycles. The molecule has 2 fully saturated rings. The fraction of sp³-hybridized carbons (Fsp3) is 0.733. The molecule has 2 heterocycles. The van der Waals surface area contributed by atoms with Gasteiger partial charge in [-0.05, 0) is 31.6 Å². The molecular weight excluding hydrogens is 236 g/mol. The minimum absolute atomic E-state index is 0.525. The lowest BCUT2D eigenvalue weighted by atomic mass is 9.75. The highest BCUT2D eigenvalue weighted by molar-refractivity contribution is 5.33. The van der Waals surface area contributed by atoms with Crippen LogP contribution in [-0.2, 0) is 6.54 Å². The molecule has 19 heavy (non-hydrogen) atoms. The van der Waals surface area contributed by atoms with Crippen molar-refractivity contribution in [3.63, 3.8) is 0 Å². The van der Waals surface area contributed by atoms with Crippen LogP contribution in [0.5, 0.6) is 0 Å². The molecule has 4 heteroatoms. The quantitative estimate of drug-likeness (QED) is 0.886. The maximum absolute atomic E-state index is 5.67. The Hall–Kier alpha value is -1.16. The van der Waals surface area contributed by atoms with Crippen molar-refractivity contribution < 1.29 is 0 Å². The largest absolute Gasteiger partial charge is 0.341 e. The van der Waals surface area contributed by atoms with Crippen molar-refractivity contribution in [1.82, 2.24) is 9.97 Å². The van der Waals surface area contributed by atoms with E-state index in [-0.39, 0.29) is 0 Å². The minimum atomic E-state index is 0.525. The Bertz CT molecular complexity index is 446. The van der Waals surface area contributed by atoms with E-state index >= 15 is 0 Å². The fourth-order valence-corrected chi connectivity index (χ4v) is 3.62. The molecule has 1 aliphatic carbocycles. The molecule has 3 rings (SSSR count). The molecular formula is C15H24N4. The van der Waals surface area contributed by atoms with Crippen LogP contribution in [0.25, 0.3) is 0 Å². The smallest absolute Gasteiger partial charge is 0.225 e. The topological polar surface area (TPSA) is 55.0 Å². The second-order valence-electron chi connectivity index (χ2n) is 6.02. The van der Waals surface area contributed by atoms with E-state index in [4.69, 9.17) is 5.73 Å². The van der Waals surface area contributed by atoms with E-state index in [9.17, 15) is 0 Å². The number of aromatic nitrogens is 2. The highest BCUT2D eigenvalue weighted by Crippen LogP contribution is 2.36. The normalized spacial score (nSPS) is 27.2. The average molecular weight is 260 g/mol. The Kier molecular flexibility index (Phi) is 3.69. The second-order valence-corrected chi connectivity index (χ2v) is 6.02. The third kappa shape index (κ3) is 2.59. The summed E-state index contributed by atoms with van der Waals surface area (Å²) in [4.78, 5) is 11.5. The van der Waals surface area contributed by atoms with Crippen LogP contribution in [0.2, 0.25) is 0 Å². The van der Waals surface area contributed by atoms with E-state index in [1.807, 2.05) is 13.1 Å². The molecule has 2 atom stereocenters. The lowest BCUT2D eigenvalue weighted by Crippen LogP contribution is -2.42. The summed E-state index contributed by atoms with van der Waals surface area (Å²) in [5.41, 5.74) is 7.75. The van der Waals surface area contributed by atoms with Crippen molar-refractivity contribution in [2.75, 3.05) is 18.0 Å². The molecule has 1 aromatic rings. The number of nitrogens with zero attached hydrogens (tertiary/aromatic N) is 3. The Morgan fingerprint density at radius 1 is 1.26 bits per heavy atom. The Morgan fingerprint density at radius 3 is 2.79 bits per heavy atom. The van der Waals surface area contributed by atoms with Gasteiger partial charge in [-0.2, -0.15) is 0 Å². The minimum Gasteiger partial charge on any atom is -0.341 e. The Balaban J connectivity index is 1.74. The predicted octanol–water partition coefficient (Wildman–Crippen LogP) is 2.26. The molecule has 2 aliphatic rings. The third-order valence-corrected chi connectivity index (χ3v) is 4.86. The van der Waals surface area contributed by atoms with Crippen LogP contribution in [0, 0.1) is 18.8 Å². The van der Waals surface area contributed by atoms with Gasteiger partial charge in [0.1, 0.15) is 0 Å². The number of fused-ring (bicyclic) bond motifs is 1. The van der Waals surface area contributed by atoms with Gasteiger partial charge in [-0.1, -0.05) is 19.3 Å². The van der Waals surface area contributed by atoms with Crippen LogP contribution >= 0.6 is 0 Å². The second kappa shape index (κ2) is 5.45. The van der Waals surface area contributed by atoms with Crippen molar-refractivity contribution in [2.24, 2.45) is 17.6 Å². The van der Waals surface area contributed by atoms with Crippen LogP contribution in [0.4, 0.5) is 5.95 Å². The maximum atomic E-state index is 5.67. The lowest BCUT2D eigenvalue weighted by Gasteiger charge is -2.41. The van der Waals surface area contributed by atoms with Gasteiger partial charge in [0.15, 0.2) is 0 Å². The Labute approximate surface area is 115 Å². The highest BCUT2D eigenvalue weighted by Gasteiger charge is 2.31. The first-order valence-corrected chi connectivity index (χ1v) is 7.55. The first-order valence-electron chi connectivity index (χ1n) is 7.55. The van der Waals surface area contributed by atoms with Gasteiger partial charge < -0.3 is 10.6 Å². The summed E-state index contributed by atoms with van der Waals surface area (Å²) < 4.78 is 0. The summed E-state index contributed by atoms with van der Waals surface area (Å²) in [6.45, 7) is 4.81. The van der Waals surface area contributed by atoms with Gasteiger partial charge in [0, 0.05) is 37.1 Å². The van der Waals surface area contributed by atoms with E-state index < -0.39 is 0 Å². The molecule has 0 aromatic carbocycles. The number of aryl methyl sites for hydroxylation is 1. The van der Waals surface area contributed by atoms with Gasteiger partial charge in [0.2, 0.25) is 5.95 Å². The summed E-state index contributed by atoms with van der Waals surface area (Å²) in [6, 6.07) is 0. The molecule has 2 N–H and O–H groups in total. The van der Waals surface area contributed by atoms with E-state index in [1.54, 1.807) is 0 Å². The zero-order valence-electron chi connectivity index (χ0n) is 11.8. The summed E-state index contributed by atoms with van der Waals surface area (Å²) in [5.74, 6) is 2.72. The molecule has 1 saturated heterocycles. The van der Waals surface area contributed by atoms with Crippen molar-refractivity contribution in [2.45, 2.75) is 45.6 Å². The summed E-state index contributed by atoms with van der Waals surface area (Å²) in [6.07, 6.45) is 8.87. The van der Waals surface area contributed by atoms with Crippen LogP contribution in [-0.4, -0.2) is 23.1 Å². The zero-order valence-corrected chi connectivity index (χ0v) is 11.8. The number of hydrogen-bond donors (Lipinski definition) is 1. The zero-order chi connectivity index (χ0) is 13.2. The van der Waals surface area contributed by atoms with Gasteiger partial charge in [-0.25, -0.2) is 9.97 Å². The molecule has 0 spiro atoms. The molecule has 0 radical (unpaired) electrons. The molecule has 1 aliphatic heterocycles. The molecule has 0 amide bonds. The third-order valence-electron chi connectivity index (χ3n) is 4.86. The summed E-state index contributed by atoms with van der Waals surface area (Å²) >= 11 is 0. The van der Waals surface area contributed by atoms with Crippen molar-refractivity contribution in [3.05, 3.63) is 17.5 Å². The van der Waals surface area contributed by atoms with Crippen LogP contribution < -0.4 is 10.6 Å². The molecule has 4 nitrogen and oxygen atoms in total. The van der Waals surface area contributed by atoms with E-state index in [2.05, 4.69) is 14.9 Å². The lowest BCUT2D eigenvalue weighted by molar-refractivity contribution is 0.201. The van der Waals surface area contributed by atoms with E-state index in [1.165, 1.54) is 32.1 Å². The standard InChI is InChI=1S/C15H24N4/c1-11-14(8-16)9-17-15(18-11)19-7-6-12-4-2-3-5-13(12)10-19/h9,12-13H,2-8,10,16H2,1H3. The van der Waals surface area contributed by atoms with Crippen LogP contribution in [0.1, 0.15) is 43.4 Å². The number of rotatable bonds is 2.